The number of hydrogen-bond donors (Lipinski definition) is 2. The first-order valence-electron chi connectivity index (χ1n) is 6.15. The molecule has 102 valence electrons. The number of hydrogen-bond acceptors (Lipinski definition) is 4. The maximum atomic E-state index is 10.1. The summed E-state index contributed by atoms with van der Waals surface area (Å²) in [5.41, 5.74) is 1.89. The number of benzene rings is 1. The second-order valence-electron chi connectivity index (χ2n) is 4.52. The summed E-state index contributed by atoms with van der Waals surface area (Å²) in [7, 11) is 0. The molecule has 5 heteroatoms. The normalized spacial score (nSPS) is 14.3. The van der Waals surface area contributed by atoms with Crippen molar-refractivity contribution in [2.45, 2.75) is 26.0 Å². The van der Waals surface area contributed by atoms with Crippen molar-refractivity contribution in [1.82, 2.24) is 10.3 Å². The summed E-state index contributed by atoms with van der Waals surface area (Å²) < 4.78 is 0. The second kappa shape index (κ2) is 6.48. The van der Waals surface area contributed by atoms with Crippen LogP contribution in [0.5, 0.6) is 0 Å². The number of thiazole rings is 1. The van der Waals surface area contributed by atoms with E-state index >= 15 is 0 Å². The van der Waals surface area contributed by atoms with Crippen LogP contribution < -0.4 is 5.32 Å². The van der Waals surface area contributed by atoms with E-state index < -0.39 is 6.10 Å². The van der Waals surface area contributed by atoms with Crippen molar-refractivity contribution in [3.8, 4) is 0 Å². The molecule has 0 aliphatic heterocycles. The SMILES string of the molecule is Cc1csc(C(C)NCC(O)c2ccc(Cl)cc2)n1. The number of rotatable bonds is 5. The fourth-order valence-corrected chi connectivity index (χ4v) is 2.70. The molecule has 0 saturated heterocycles. The maximum Gasteiger partial charge on any atom is 0.110 e. The Kier molecular flexibility index (Phi) is 4.93. The van der Waals surface area contributed by atoms with Crippen LogP contribution >= 0.6 is 22.9 Å². The lowest BCUT2D eigenvalue weighted by Gasteiger charge is -2.16. The molecule has 0 spiro atoms. The first kappa shape index (κ1) is 14.5. The quantitative estimate of drug-likeness (QED) is 0.888. The highest BCUT2D eigenvalue weighted by molar-refractivity contribution is 7.09. The van der Waals surface area contributed by atoms with E-state index in [4.69, 9.17) is 11.6 Å². The van der Waals surface area contributed by atoms with Crippen molar-refractivity contribution in [3.63, 3.8) is 0 Å². The standard InChI is InChI=1S/C14H17ClN2OS/c1-9-8-19-14(17-9)10(2)16-7-13(18)11-3-5-12(15)6-4-11/h3-6,8,10,13,16,18H,7H2,1-2H3. The molecule has 1 aromatic heterocycles. The van der Waals surface area contributed by atoms with Crippen LogP contribution in [0, 0.1) is 6.92 Å². The highest BCUT2D eigenvalue weighted by Crippen LogP contribution is 2.19. The van der Waals surface area contributed by atoms with E-state index in [2.05, 4.69) is 10.3 Å². The van der Waals surface area contributed by atoms with Gasteiger partial charge >= 0.3 is 0 Å². The lowest BCUT2D eigenvalue weighted by molar-refractivity contribution is 0.171. The number of halogens is 1. The van der Waals surface area contributed by atoms with E-state index in [0.29, 0.717) is 11.6 Å². The molecule has 3 nitrogen and oxygen atoms in total. The van der Waals surface area contributed by atoms with E-state index in [1.165, 1.54) is 0 Å². The Morgan fingerprint density at radius 1 is 1.37 bits per heavy atom. The van der Waals surface area contributed by atoms with E-state index in [1.54, 1.807) is 23.5 Å². The van der Waals surface area contributed by atoms with Gasteiger partial charge in [0.25, 0.3) is 0 Å². The van der Waals surface area contributed by atoms with Gasteiger partial charge in [-0.1, -0.05) is 23.7 Å². The number of nitrogens with one attached hydrogen (secondary N) is 1. The third kappa shape index (κ3) is 4.01. The number of aromatic nitrogens is 1. The van der Waals surface area contributed by atoms with Crippen LogP contribution in [0.25, 0.3) is 0 Å². The van der Waals surface area contributed by atoms with Crippen molar-refractivity contribution in [2.24, 2.45) is 0 Å². The molecule has 0 fully saturated rings. The molecule has 19 heavy (non-hydrogen) atoms. The smallest absolute Gasteiger partial charge is 0.110 e. The minimum Gasteiger partial charge on any atom is -0.387 e. The van der Waals surface area contributed by atoms with Crippen LogP contribution in [0.15, 0.2) is 29.6 Å². The molecule has 0 radical (unpaired) electrons. The minimum atomic E-state index is -0.541. The van der Waals surface area contributed by atoms with Crippen molar-refractivity contribution in [3.05, 3.63) is 50.9 Å². The second-order valence-corrected chi connectivity index (χ2v) is 5.85. The molecule has 0 saturated carbocycles. The molecule has 2 aromatic rings. The Morgan fingerprint density at radius 3 is 2.63 bits per heavy atom. The van der Waals surface area contributed by atoms with Gasteiger partial charge in [0.05, 0.1) is 12.1 Å². The van der Waals surface area contributed by atoms with Gasteiger partial charge in [0.1, 0.15) is 5.01 Å². The molecule has 2 rings (SSSR count). The summed E-state index contributed by atoms with van der Waals surface area (Å²) in [4.78, 5) is 4.43. The summed E-state index contributed by atoms with van der Waals surface area (Å²) in [5.74, 6) is 0. The van der Waals surface area contributed by atoms with Crippen molar-refractivity contribution in [1.29, 1.82) is 0 Å². The summed E-state index contributed by atoms with van der Waals surface area (Å²) in [5, 5.41) is 17.1. The zero-order valence-electron chi connectivity index (χ0n) is 10.9. The first-order valence-corrected chi connectivity index (χ1v) is 7.41. The Morgan fingerprint density at radius 2 is 2.05 bits per heavy atom. The van der Waals surface area contributed by atoms with Crippen LogP contribution in [0.1, 0.15) is 35.3 Å². The predicted molar refractivity (Wildman–Crippen MR) is 79.7 cm³/mol. The van der Waals surface area contributed by atoms with Gasteiger partial charge in [0, 0.05) is 22.6 Å². The monoisotopic (exact) mass is 296 g/mol. The number of aryl methyl sites for hydroxylation is 1. The molecule has 0 aliphatic rings. The molecule has 0 aliphatic carbocycles. The molecular weight excluding hydrogens is 280 g/mol. The summed E-state index contributed by atoms with van der Waals surface area (Å²) >= 11 is 7.46. The van der Waals surface area contributed by atoms with E-state index in [0.717, 1.165) is 16.3 Å². The maximum absolute atomic E-state index is 10.1. The average molecular weight is 297 g/mol. The highest BCUT2D eigenvalue weighted by Gasteiger charge is 2.12. The lowest BCUT2D eigenvalue weighted by atomic mass is 10.1. The molecule has 0 amide bonds. The fourth-order valence-electron chi connectivity index (χ4n) is 1.75. The lowest BCUT2D eigenvalue weighted by Crippen LogP contribution is -2.24. The Hall–Kier alpha value is -0.940. The zero-order valence-corrected chi connectivity index (χ0v) is 12.5. The zero-order chi connectivity index (χ0) is 13.8. The number of aliphatic hydroxyl groups excluding tert-OH is 1. The Labute approximate surface area is 122 Å². The van der Waals surface area contributed by atoms with Gasteiger partial charge in [0.2, 0.25) is 0 Å². The summed E-state index contributed by atoms with van der Waals surface area (Å²) in [6.07, 6.45) is -0.541. The number of nitrogens with zero attached hydrogens (tertiary/aromatic N) is 1. The van der Waals surface area contributed by atoms with Crippen LogP contribution in [0.4, 0.5) is 0 Å². The van der Waals surface area contributed by atoms with E-state index in [1.807, 2.05) is 31.4 Å². The van der Waals surface area contributed by atoms with Crippen LogP contribution in [0.2, 0.25) is 5.02 Å². The topological polar surface area (TPSA) is 45.1 Å². The molecular formula is C14H17ClN2OS. The van der Waals surface area contributed by atoms with Crippen molar-refractivity contribution in [2.75, 3.05) is 6.54 Å². The average Bonchev–Trinajstić information content (AvgIpc) is 2.83. The third-order valence-corrected chi connectivity index (χ3v) is 4.28. The molecule has 1 aromatic carbocycles. The Balaban J connectivity index is 1.89. The van der Waals surface area contributed by atoms with Gasteiger partial charge in [-0.05, 0) is 31.5 Å². The van der Waals surface area contributed by atoms with Gasteiger partial charge in [-0.2, -0.15) is 0 Å². The van der Waals surface area contributed by atoms with Gasteiger partial charge in [-0.3, -0.25) is 0 Å². The molecule has 2 unspecified atom stereocenters. The molecule has 2 N–H and O–H groups in total. The van der Waals surface area contributed by atoms with Crippen molar-refractivity contribution >= 4 is 22.9 Å². The van der Waals surface area contributed by atoms with Crippen LogP contribution in [-0.2, 0) is 0 Å². The van der Waals surface area contributed by atoms with Crippen LogP contribution in [-0.4, -0.2) is 16.6 Å². The predicted octanol–water partition coefficient (Wildman–Crippen LogP) is 3.49. The largest absolute Gasteiger partial charge is 0.387 e. The third-order valence-electron chi connectivity index (χ3n) is 2.88. The van der Waals surface area contributed by atoms with Crippen molar-refractivity contribution < 1.29 is 5.11 Å². The van der Waals surface area contributed by atoms with Gasteiger partial charge in [-0.25, -0.2) is 4.98 Å². The van der Waals surface area contributed by atoms with Gasteiger partial charge in [-0.15, -0.1) is 11.3 Å². The molecule has 0 bridgehead atoms. The van der Waals surface area contributed by atoms with Gasteiger partial charge in [0.15, 0.2) is 0 Å². The highest BCUT2D eigenvalue weighted by atomic mass is 35.5. The Bertz CT molecular complexity index is 526. The fraction of sp³-hybridized carbons (Fsp3) is 0.357. The summed E-state index contributed by atoms with van der Waals surface area (Å²) in [6.45, 7) is 4.52. The minimum absolute atomic E-state index is 0.139. The molecule has 2 atom stereocenters. The van der Waals surface area contributed by atoms with E-state index in [9.17, 15) is 5.11 Å². The molecule has 1 heterocycles. The van der Waals surface area contributed by atoms with E-state index in [-0.39, 0.29) is 6.04 Å². The summed E-state index contributed by atoms with van der Waals surface area (Å²) in [6, 6.07) is 7.39. The van der Waals surface area contributed by atoms with Gasteiger partial charge < -0.3 is 10.4 Å². The number of aliphatic hydroxyl groups is 1. The van der Waals surface area contributed by atoms with Crippen LogP contribution in [0.3, 0.4) is 0 Å². The first-order chi connectivity index (χ1) is 9.06.